The summed E-state index contributed by atoms with van der Waals surface area (Å²) in [6.07, 6.45) is -0.991. The Bertz CT molecular complexity index is 2130. The zero-order valence-corrected chi connectivity index (χ0v) is 26.7. The number of rotatable bonds is 11. The van der Waals surface area contributed by atoms with E-state index in [-0.39, 0.29) is 35.7 Å². The molecule has 12 heteroatoms. The zero-order chi connectivity index (χ0) is 34.5. The molecule has 4 aromatic carbocycles. The van der Waals surface area contributed by atoms with Gasteiger partial charge < -0.3 is 9.47 Å². The second-order valence-electron chi connectivity index (χ2n) is 11.3. The highest BCUT2D eigenvalue weighted by atomic mass is 32.2. The first-order valence-corrected chi connectivity index (χ1v) is 16.3. The Morgan fingerprint density at radius 3 is 2.27 bits per heavy atom. The van der Waals surface area contributed by atoms with Crippen LogP contribution in [0.4, 0.5) is 22.0 Å². The Balaban J connectivity index is 1.27. The van der Waals surface area contributed by atoms with Crippen molar-refractivity contribution in [3.05, 3.63) is 154 Å². The molecule has 6 aromatic rings. The molecule has 6 nitrogen and oxygen atoms in total. The molecule has 0 fully saturated rings. The predicted molar refractivity (Wildman–Crippen MR) is 179 cm³/mol. The summed E-state index contributed by atoms with van der Waals surface area (Å²) in [6.45, 7) is 0.796. The number of hydrogen-bond acceptors (Lipinski definition) is 4. The Labute approximate surface area is 282 Å². The number of halogens is 5. The van der Waals surface area contributed by atoms with Crippen LogP contribution in [0.25, 0.3) is 22.0 Å². The Kier molecular flexibility index (Phi) is 9.95. The van der Waals surface area contributed by atoms with Crippen LogP contribution in [0.15, 0.2) is 125 Å². The first-order valence-electron chi connectivity index (χ1n) is 15.3. The maximum atomic E-state index is 14.5. The SMILES string of the molecule is O=C(Cn1c(SCc2cccc(F)c2F)cc(=O)c2ccccc21)N(CCn1cccn1)Cc1ccc(-c2ccc(C(F)(F)F)cc2)cc1. The van der Waals surface area contributed by atoms with Crippen molar-refractivity contribution in [3.8, 4) is 11.1 Å². The van der Waals surface area contributed by atoms with Gasteiger partial charge in [0, 0.05) is 48.3 Å². The number of hydrogen-bond donors (Lipinski definition) is 0. The van der Waals surface area contributed by atoms with Crippen LogP contribution in [-0.2, 0) is 36.4 Å². The van der Waals surface area contributed by atoms with Crippen molar-refractivity contribution in [3.63, 3.8) is 0 Å². The van der Waals surface area contributed by atoms with E-state index in [9.17, 15) is 31.5 Å². The lowest BCUT2D eigenvalue weighted by atomic mass is 10.0. The molecule has 0 bridgehead atoms. The van der Waals surface area contributed by atoms with Gasteiger partial charge in [0.2, 0.25) is 5.91 Å². The van der Waals surface area contributed by atoms with Crippen LogP contribution < -0.4 is 5.43 Å². The quantitative estimate of drug-likeness (QED) is 0.102. The minimum absolute atomic E-state index is 0.0316. The van der Waals surface area contributed by atoms with Gasteiger partial charge in [0.25, 0.3) is 0 Å². The molecule has 49 heavy (non-hydrogen) atoms. The van der Waals surface area contributed by atoms with Gasteiger partial charge in [0.15, 0.2) is 17.1 Å². The number of carbonyl (C=O) groups is 1. The van der Waals surface area contributed by atoms with Crippen molar-refractivity contribution >= 4 is 28.6 Å². The van der Waals surface area contributed by atoms with Crippen LogP contribution in [0, 0.1) is 11.6 Å². The van der Waals surface area contributed by atoms with Gasteiger partial charge in [-0.05, 0) is 53.1 Å². The van der Waals surface area contributed by atoms with Crippen LogP contribution in [0.3, 0.4) is 0 Å². The molecule has 0 unspecified atom stereocenters. The van der Waals surface area contributed by atoms with Crippen molar-refractivity contribution in [2.75, 3.05) is 6.54 Å². The summed E-state index contributed by atoms with van der Waals surface area (Å²) >= 11 is 1.13. The molecular weight excluding hydrogens is 659 g/mol. The summed E-state index contributed by atoms with van der Waals surface area (Å²) in [7, 11) is 0. The van der Waals surface area contributed by atoms with Crippen molar-refractivity contribution in [2.24, 2.45) is 0 Å². The number of aromatic nitrogens is 3. The molecule has 2 aromatic heterocycles. The summed E-state index contributed by atoms with van der Waals surface area (Å²) in [5.74, 6) is -2.16. The van der Waals surface area contributed by atoms with E-state index in [2.05, 4.69) is 5.10 Å². The molecule has 0 saturated heterocycles. The number of carbonyl (C=O) groups excluding carboxylic acids is 1. The van der Waals surface area contributed by atoms with Gasteiger partial charge in [-0.1, -0.05) is 60.7 Å². The molecule has 1 amide bonds. The molecule has 0 aliphatic carbocycles. The van der Waals surface area contributed by atoms with Crippen LogP contribution in [0.1, 0.15) is 16.7 Å². The lowest BCUT2D eigenvalue weighted by Crippen LogP contribution is -2.36. The van der Waals surface area contributed by atoms with Gasteiger partial charge in [0.1, 0.15) is 6.54 Å². The van der Waals surface area contributed by atoms with Crippen molar-refractivity contribution in [1.29, 1.82) is 0 Å². The van der Waals surface area contributed by atoms with Gasteiger partial charge in [-0.3, -0.25) is 14.3 Å². The fraction of sp³-hybridized carbons (Fsp3) is 0.162. The molecule has 0 saturated carbocycles. The fourth-order valence-corrected chi connectivity index (χ4v) is 6.49. The second kappa shape index (κ2) is 14.5. The highest BCUT2D eigenvalue weighted by Gasteiger charge is 2.30. The van der Waals surface area contributed by atoms with E-state index in [4.69, 9.17) is 0 Å². The minimum atomic E-state index is -4.42. The number of fused-ring (bicyclic) bond motifs is 1. The van der Waals surface area contributed by atoms with E-state index in [1.807, 2.05) is 12.1 Å². The normalized spacial score (nSPS) is 11.6. The third-order valence-electron chi connectivity index (χ3n) is 8.07. The summed E-state index contributed by atoms with van der Waals surface area (Å²) in [4.78, 5) is 28.8. The smallest absolute Gasteiger partial charge is 0.335 e. The van der Waals surface area contributed by atoms with E-state index in [1.165, 1.54) is 30.3 Å². The summed E-state index contributed by atoms with van der Waals surface area (Å²) in [5, 5.41) is 5.08. The standard InChI is InChI=1S/C37H29F5N4O2S/c38-31-7-3-5-28(36(31)39)24-49-35-21-33(47)30-6-1-2-8-32(30)46(35)23-34(48)44(19-20-45-18-4-17-43-45)22-25-9-11-26(12-10-25)27-13-15-29(16-14-27)37(40,41)42/h1-18,21H,19-20,22-24H2. The third-order valence-corrected chi connectivity index (χ3v) is 9.15. The van der Waals surface area contributed by atoms with E-state index < -0.39 is 23.4 Å². The summed E-state index contributed by atoms with van der Waals surface area (Å²) < 4.78 is 70.9. The van der Waals surface area contributed by atoms with Crippen LogP contribution >= 0.6 is 11.8 Å². The van der Waals surface area contributed by atoms with Gasteiger partial charge in [-0.2, -0.15) is 18.3 Å². The largest absolute Gasteiger partial charge is 0.416 e. The number of amides is 1. The van der Waals surface area contributed by atoms with Crippen molar-refractivity contribution in [1.82, 2.24) is 19.2 Å². The van der Waals surface area contributed by atoms with Gasteiger partial charge >= 0.3 is 6.18 Å². The number of para-hydroxylation sites is 1. The first kappa shape index (κ1) is 33.7. The minimum Gasteiger partial charge on any atom is -0.335 e. The molecule has 6 rings (SSSR count). The van der Waals surface area contributed by atoms with E-state index in [1.54, 1.807) is 69.0 Å². The monoisotopic (exact) mass is 688 g/mol. The highest BCUT2D eigenvalue weighted by molar-refractivity contribution is 7.98. The molecule has 250 valence electrons. The maximum Gasteiger partial charge on any atom is 0.416 e. The predicted octanol–water partition coefficient (Wildman–Crippen LogP) is 8.18. The first-order chi connectivity index (χ1) is 23.6. The summed E-state index contributed by atoms with van der Waals surface area (Å²) in [5.41, 5.74) is 1.82. The Morgan fingerprint density at radius 2 is 1.57 bits per heavy atom. The summed E-state index contributed by atoms with van der Waals surface area (Å²) in [6, 6.07) is 26.2. The molecular formula is C37H29F5N4O2S. The number of nitrogens with zero attached hydrogens (tertiary/aromatic N) is 4. The molecule has 0 atom stereocenters. The zero-order valence-electron chi connectivity index (χ0n) is 25.9. The van der Waals surface area contributed by atoms with Crippen LogP contribution in [0.5, 0.6) is 0 Å². The molecule has 0 aliphatic heterocycles. The topological polar surface area (TPSA) is 60.1 Å². The lowest BCUT2D eigenvalue weighted by Gasteiger charge is -2.25. The number of alkyl halides is 3. The fourth-order valence-electron chi connectivity index (χ4n) is 5.46. The number of pyridine rings is 1. The van der Waals surface area contributed by atoms with Crippen molar-refractivity contribution in [2.45, 2.75) is 36.6 Å². The molecule has 0 spiro atoms. The number of benzene rings is 4. The molecule has 2 heterocycles. The van der Waals surface area contributed by atoms with Gasteiger partial charge in [0.05, 0.1) is 22.7 Å². The highest BCUT2D eigenvalue weighted by Crippen LogP contribution is 2.31. The van der Waals surface area contributed by atoms with E-state index in [0.717, 1.165) is 41.1 Å². The average molecular weight is 689 g/mol. The van der Waals surface area contributed by atoms with Gasteiger partial charge in [-0.25, -0.2) is 8.78 Å². The van der Waals surface area contributed by atoms with E-state index in [0.29, 0.717) is 34.6 Å². The van der Waals surface area contributed by atoms with Crippen molar-refractivity contribution < 1.29 is 26.7 Å². The average Bonchev–Trinajstić information content (AvgIpc) is 3.62. The van der Waals surface area contributed by atoms with Gasteiger partial charge in [-0.15, -0.1) is 11.8 Å². The third kappa shape index (κ3) is 7.92. The molecule has 0 N–H and O–H groups in total. The van der Waals surface area contributed by atoms with Crippen LogP contribution in [-0.4, -0.2) is 31.7 Å². The molecule has 0 aliphatic rings. The Morgan fingerprint density at radius 1 is 0.857 bits per heavy atom. The second-order valence-corrected chi connectivity index (χ2v) is 12.3. The lowest BCUT2D eigenvalue weighted by molar-refractivity contribution is -0.137. The Hall–Kier alpha value is -5.23. The van der Waals surface area contributed by atoms with Crippen LogP contribution in [0.2, 0.25) is 0 Å². The van der Waals surface area contributed by atoms with E-state index >= 15 is 0 Å². The number of thioether (sulfide) groups is 1. The molecule has 0 radical (unpaired) electrons. The maximum absolute atomic E-state index is 14.5.